The van der Waals surface area contributed by atoms with Crippen LogP contribution in [-0.4, -0.2) is 37.0 Å². The highest BCUT2D eigenvalue weighted by Gasteiger charge is 2.12. The number of ether oxygens (including phenoxy) is 3. The predicted molar refractivity (Wildman–Crippen MR) is 157 cm³/mol. The van der Waals surface area contributed by atoms with E-state index < -0.39 is 24.5 Å². The molecule has 0 spiro atoms. The van der Waals surface area contributed by atoms with Crippen molar-refractivity contribution in [2.45, 2.75) is 33.1 Å². The second-order valence-corrected chi connectivity index (χ2v) is 10.2. The van der Waals surface area contributed by atoms with E-state index in [9.17, 15) is 19.2 Å². The van der Waals surface area contributed by atoms with Crippen LogP contribution in [-0.2, 0) is 23.9 Å². The van der Waals surface area contributed by atoms with Gasteiger partial charge in [0.05, 0.1) is 17.2 Å². The van der Waals surface area contributed by atoms with Crippen LogP contribution in [0.2, 0.25) is 10.0 Å². The lowest BCUT2D eigenvalue weighted by Crippen LogP contribution is -2.21. The third-order valence-electron chi connectivity index (χ3n) is 5.36. The summed E-state index contributed by atoms with van der Waals surface area (Å²) in [6.07, 6.45) is 0.311. The zero-order valence-corrected chi connectivity index (χ0v) is 24.1. The first-order valence-corrected chi connectivity index (χ1v) is 13.6. The molecule has 0 saturated carbocycles. The number of halogens is 2. The summed E-state index contributed by atoms with van der Waals surface area (Å²) in [6, 6.07) is 17.8. The van der Waals surface area contributed by atoms with E-state index in [1.807, 2.05) is 13.8 Å². The number of anilines is 2. The first-order chi connectivity index (χ1) is 19.6. The van der Waals surface area contributed by atoms with Crippen LogP contribution < -0.4 is 15.4 Å². The minimum Gasteiger partial charge on any atom is -0.462 e. The SMILES string of the molecule is CC(C)COC(=O)c1ccc(NC(=O)COC(=O)CCCC(=O)Nc2ccc(Oc3ccc(Cl)cc3Cl)cc2)cc1. The molecule has 11 heteroatoms. The number of amides is 2. The summed E-state index contributed by atoms with van der Waals surface area (Å²) < 4.78 is 15.9. The van der Waals surface area contributed by atoms with E-state index in [0.29, 0.717) is 45.1 Å². The molecule has 0 aliphatic carbocycles. The minimum atomic E-state index is -0.599. The molecule has 0 aromatic heterocycles. The summed E-state index contributed by atoms with van der Waals surface area (Å²) in [6.45, 7) is 3.73. The fraction of sp³-hybridized carbons (Fsp3) is 0.267. The zero-order chi connectivity index (χ0) is 29.8. The quantitative estimate of drug-likeness (QED) is 0.205. The Hall–Kier alpha value is -4.08. The Balaban J connectivity index is 1.32. The van der Waals surface area contributed by atoms with Crippen LogP contribution in [0.1, 0.15) is 43.5 Å². The van der Waals surface area contributed by atoms with Gasteiger partial charge in [-0.3, -0.25) is 14.4 Å². The summed E-state index contributed by atoms with van der Waals surface area (Å²) in [7, 11) is 0. The van der Waals surface area contributed by atoms with Gasteiger partial charge in [0, 0.05) is 29.2 Å². The lowest BCUT2D eigenvalue weighted by molar-refractivity contribution is -0.147. The maximum Gasteiger partial charge on any atom is 0.338 e. The van der Waals surface area contributed by atoms with Crippen molar-refractivity contribution in [2.24, 2.45) is 5.92 Å². The van der Waals surface area contributed by atoms with E-state index in [0.717, 1.165) is 0 Å². The van der Waals surface area contributed by atoms with Crippen LogP contribution in [0.15, 0.2) is 66.7 Å². The molecule has 0 bridgehead atoms. The number of nitrogens with one attached hydrogen (secondary N) is 2. The lowest BCUT2D eigenvalue weighted by Gasteiger charge is -2.10. The summed E-state index contributed by atoms with van der Waals surface area (Å²) in [4.78, 5) is 48.3. The smallest absolute Gasteiger partial charge is 0.338 e. The van der Waals surface area contributed by atoms with E-state index in [4.69, 9.17) is 37.4 Å². The molecule has 0 heterocycles. The Morgan fingerprint density at radius 3 is 2.05 bits per heavy atom. The Labute approximate surface area is 248 Å². The Morgan fingerprint density at radius 2 is 1.41 bits per heavy atom. The molecule has 2 amide bonds. The molecular weight excluding hydrogens is 571 g/mol. The van der Waals surface area contributed by atoms with Crippen molar-refractivity contribution in [2.75, 3.05) is 23.8 Å². The van der Waals surface area contributed by atoms with Gasteiger partial charge in [-0.15, -0.1) is 0 Å². The molecule has 0 saturated heterocycles. The molecule has 3 rings (SSSR count). The van der Waals surface area contributed by atoms with Crippen LogP contribution in [0.4, 0.5) is 11.4 Å². The van der Waals surface area contributed by atoms with E-state index in [1.54, 1.807) is 54.6 Å². The molecule has 3 aromatic carbocycles. The molecule has 2 N–H and O–H groups in total. The number of carbonyl (C=O) groups excluding carboxylic acids is 4. The van der Waals surface area contributed by atoms with Gasteiger partial charge in [-0.05, 0) is 79.1 Å². The van der Waals surface area contributed by atoms with Crippen LogP contribution in [0.5, 0.6) is 11.5 Å². The predicted octanol–water partition coefficient (Wildman–Crippen LogP) is 6.89. The molecule has 3 aromatic rings. The highest BCUT2D eigenvalue weighted by Crippen LogP contribution is 2.32. The second kappa shape index (κ2) is 15.6. The lowest BCUT2D eigenvalue weighted by atomic mass is 10.2. The van der Waals surface area contributed by atoms with Crippen molar-refractivity contribution < 1.29 is 33.4 Å². The van der Waals surface area contributed by atoms with Gasteiger partial charge in [-0.1, -0.05) is 37.0 Å². The monoisotopic (exact) mass is 600 g/mol. The Morgan fingerprint density at radius 1 is 0.780 bits per heavy atom. The van der Waals surface area contributed by atoms with Gasteiger partial charge >= 0.3 is 11.9 Å². The number of esters is 2. The van der Waals surface area contributed by atoms with E-state index in [1.165, 1.54) is 12.1 Å². The van der Waals surface area contributed by atoms with Gasteiger partial charge in [0.25, 0.3) is 5.91 Å². The molecular formula is C30H30Cl2N2O7. The third kappa shape index (κ3) is 11.1. The van der Waals surface area contributed by atoms with Crippen molar-refractivity contribution in [1.82, 2.24) is 0 Å². The fourth-order valence-corrected chi connectivity index (χ4v) is 3.79. The normalized spacial score (nSPS) is 10.6. The van der Waals surface area contributed by atoms with Gasteiger partial charge in [0.2, 0.25) is 5.91 Å². The van der Waals surface area contributed by atoms with Crippen LogP contribution in [0.3, 0.4) is 0 Å². The molecule has 0 aliphatic rings. The molecule has 0 atom stereocenters. The van der Waals surface area contributed by atoms with Gasteiger partial charge in [-0.2, -0.15) is 0 Å². The average molecular weight is 601 g/mol. The first kappa shape index (κ1) is 31.4. The standard InChI is InChI=1S/C30H30Cl2N2O7/c1-19(2)17-40-30(38)20-6-9-22(10-7-20)34-28(36)18-39-29(37)5-3-4-27(35)33-23-11-13-24(14-12-23)41-26-15-8-21(31)16-25(26)32/h6-16,19H,3-5,17-18H2,1-2H3,(H,33,35)(H,34,36). The highest BCUT2D eigenvalue weighted by molar-refractivity contribution is 6.35. The largest absolute Gasteiger partial charge is 0.462 e. The van der Waals surface area contributed by atoms with Crippen LogP contribution in [0.25, 0.3) is 0 Å². The maximum absolute atomic E-state index is 12.2. The number of hydrogen-bond acceptors (Lipinski definition) is 7. The highest BCUT2D eigenvalue weighted by atomic mass is 35.5. The molecule has 0 fully saturated rings. The Kier molecular flexibility index (Phi) is 12.0. The van der Waals surface area contributed by atoms with Crippen molar-refractivity contribution in [3.05, 3.63) is 82.3 Å². The van der Waals surface area contributed by atoms with Crippen LogP contribution in [0, 0.1) is 5.92 Å². The summed E-state index contributed by atoms with van der Waals surface area (Å²) in [5.74, 6) is -0.644. The topological polar surface area (TPSA) is 120 Å². The van der Waals surface area contributed by atoms with Crippen molar-refractivity contribution in [1.29, 1.82) is 0 Å². The maximum atomic E-state index is 12.2. The average Bonchev–Trinajstić information content (AvgIpc) is 2.93. The number of hydrogen-bond donors (Lipinski definition) is 2. The second-order valence-electron chi connectivity index (χ2n) is 9.38. The molecule has 216 valence electrons. The Bertz CT molecular complexity index is 1360. The van der Waals surface area contributed by atoms with Crippen LogP contribution >= 0.6 is 23.2 Å². The van der Waals surface area contributed by atoms with E-state index in [2.05, 4.69) is 10.6 Å². The van der Waals surface area contributed by atoms with E-state index in [-0.39, 0.29) is 31.1 Å². The van der Waals surface area contributed by atoms with Gasteiger partial charge in [0.1, 0.15) is 11.5 Å². The molecule has 9 nitrogen and oxygen atoms in total. The summed E-state index contributed by atoms with van der Waals surface area (Å²) >= 11 is 12.0. The summed E-state index contributed by atoms with van der Waals surface area (Å²) in [5, 5.41) is 6.20. The van der Waals surface area contributed by atoms with Gasteiger partial charge < -0.3 is 24.8 Å². The minimum absolute atomic E-state index is 0.0253. The number of carbonyl (C=O) groups is 4. The summed E-state index contributed by atoms with van der Waals surface area (Å²) in [5.41, 5.74) is 1.37. The van der Waals surface area contributed by atoms with Crippen molar-refractivity contribution in [3.63, 3.8) is 0 Å². The number of rotatable bonds is 13. The van der Waals surface area contributed by atoms with Crippen molar-refractivity contribution >= 4 is 58.3 Å². The van der Waals surface area contributed by atoms with Gasteiger partial charge in [0.15, 0.2) is 6.61 Å². The van der Waals surface area contributed by atoms with Gasteiger partial charge in [-0.25, -0.2) is 4.79 Å². The number of benzene rings is 3. The molecule has 0 radical (unpaired) electrons. The first-order valence-electron chi connectivity index (χ1n) is 12.8. The third-order valence-corrected chi connectivity index (χ3v) is 5.89. The van der Waals surface area contributed by atoms with E-state index >= 15 is 0 Å². The fourth-order valence-electron chi connectivity index (χ4n) is 3.34. The van der Waals surface area contributed by atoms with Crippen molar-refractivity contribution in [3.8, 4) is 11.5 Å². The zero-order valence-electron chi connectivity index (χ0n) is 22.6. The molecule has 0 unspecified atom stereocenters. The molecule has 41 heavy (non-hydrogen) atoms. The molecule has 0 aliphatic heterocycles.